The van der Waals surface area contributed by atoms with Gasteiger partial charge >= 0.3 is 0 Å². The van der Waals surface area contributed by atoms with Crippen LogP contribution in [0.3, 0.4) is 0 Å². The number of rotatable bonds is 2. The molecule has 1 aliphatic heterocycles. The van der Waals surface area contributed by atoms with Crippen molar-refractivity contribution >= 4 is 40.0 Å². The number of nitrogens with zero attached hydrogens (tertiary/aromatic N) is 1. The molecule has 0 saturated heterocycles. The summed E-state index contributed by atoms with van der Waals surface area (Å²) in [6.45, 7) is 1.54. The van der Waals surface area contributed by atoms with E-state index in [0.29, 0.717) is 5.84 Å². The molecule has 2 N–H and O–H groups in total. The minimum Gasteiger partial charge on any atom is -0.366 e. The molecule has 84 valence electrons. The van der Waals surface area contributed by atoms with Gasteiger partial charge in [-0.25, -0.2) is 0 Å². The van der Waals surface area contributed by atoms with Crippen LogP contribution in [0.15, 0.2) is 29.3 Å². The van der Waals surface area contributed by atoms with E-state index in [2.05, 4.69) is 38.2 Å². The first-order valence-electron chi connectivity index (χ1n) is 5.11. The molecule has 1 aromatic carbocycles. The summed E-state index contributed by atoms with van der Waals surface area (Å²) in [4.78, 5) is 15.9. The molecular formula is C11H12IN3O. The molecule has 0 aliphatic carbocycles. The molecule has 2 rings (SSSR count). The SMILES string of the molecule is O=C(Nc1cccc(I)c1)C1=NCCCN1. The summed E-state index contributed by atoms with van der Waals surface area (Å²) in [5.41, 5.74) is 0.798. The van der Waals surface area contributed by atoms with Gasteiger partial charge in [0.2, 0.25) is 0 Å². The van der Waals surface area contributed by atoms with Gasteiger partial charge in [0, 0.05) is 22.3 Å². The molecule has 1 aromatic rings. The maximum atomic E-state index is 11.8. The van der Waals surface area contributed by atoms with Gasteiger partial charge in [-0.2, -0.15) is 0 Å². The first-order chi connectivity index (χ1) is 7.75. The summed E-state index contributed by atoms with van der Waals surface area (Å²) in [5.74, 6) is 0.270. The molecule has 5 heteroatoms. The predicted octanol–water partition coefficient (Wildman–Crippen LogP) is 1.62. The highest BCUT2D eigenvalue weighted by molar-refractivity contribution is 14.1. The number of hydrogen-bond acceptors (Lipinski definition) is 3. The van der Waals surface area contributed by atoms with Crippen LogP contribution in [-0.2, 0) is 4.79 Å². The third-order valence-corrected chi connectivity index (χ3v) is 2.87. The fraction of sp³-hybridized carbons (Fsp3) is 0.273. The molecule has 1 amide bonds. The first-order valence-corrected chi connectivity index (χ1v) is 6.19. The van der Waals surface area contributed by atoms with Crippen LogP contribution in [0.4, 0.5) is 5.69 Å². The second-order valence-corrected chi connectivity index (χ2v) is 4.72. The molecule has 0 bridgehead atoms. The zero-order chi connectivity index (χ0) is 11.4. The van der Waals surface area contributed by atoms with Gasteiger partial charge in [-0.05, 0) is 47.2 Å². The topological polar surface area (TPSA) is 53.5 Å². The fourth-order valence-electron chi connectivity index (χ4n) is 1.44. The highest BCUT2D eigenvalue weighted by Crippen LogP contribution is 2.12. The second kappa shape index (κ2) is 5.29. The fourth-order valence-corrected chi connectivity index (χ4v) is 1.98. The average Bonchev–Trinajstić information content (AvgIpc) is 2.30. The van der Waals surface area contributed by atoms with Crippen molar-refractivity contribution < 1.29 is 4.79 Å². The summed E-state index contributed by atoms with van der Waals surface area (Å²) >= 11 is 2.21. The molecule has 0 aromatic heterocycles. The van der Waals surface area contributed by atoms with E-state index in [9.17, 15) is 4.79 Å². The van der Waals surface area contributed by atoms with E-state index >= 15 is 0 Å². The summed E-state index contributed by atoms with van der Waals surface area (Å²) in [6.07, 6.45) is 0.986. The zero-order valence-electron chi connectivity index (χ0n) is 8.66. The minimum absolute atomic E-state index is 0.165. The lowest BCUT2D eigenvalue weighted by molar-refractivity contribution is -0.110. The van der Waals surface area contributed by atoms with Gasteiger partial charge in [-0.15, -0.1) is 0 Å². The Morgan fingerprint density at radius 2 is 2.38 bits per heavy atom. The maximum Gasteiger partial charge on any atom is 0.290 e. The summed E-state index contributed by atoms with van der Waals surface area (Å²) in [6, 6.07) is 7.67. The summed E-state index contributed by atoms with van der Waals surface area (Å²) < 4.78 is 1.09. The van der Waals surface area contributed by atoms with E-state index in [1.807, 2.05) is 24.3 Å². The Hall–Kier alpha value is -1.11. The van der Waals surface area contributed by atoms with Gasteiger partial charge < -0.3 is 10.6 Å². The predicted molar refractivity (Wildman–Crippen MR) is 72.7 cm³/mol. The minimum atomic E-state index is -0.165. The van der Waals surface area contributed by atoms with Crippen molar-refractivity contribution in [3.63, 3.8) is 0 Å². The van der Waals surface area contributed by atoms with Gasteiger partial charge in [0.15, 0.2) is 5.84 Å². The van der Waals surface area contributed by atoms with Crippen molar-refractivity contribution in [2.24, 2.45) is 4.99 Å². The Labute approximate surface area is 108 Å². The standard InChI is InChI=1S/C11H12IN3O/c12-8-3-1-4-9(7-8)15-11(16)10-13-5-2-6-14-10/h1,3-4,7H,2,5-6H2,(H,13,14)(H,15,16). The van der Waals surface area contributed by atoms with Crippen LogP contribution in [0.1, 0.15) is 6.42 Å². The highest BCUT2D eigenvalue weighted by Gasteiger charge is 2.13. The van der Waals surface area contributed by atoms with E-state index in [1.165, 1.54) is 0 Å². The maximum absolute atomic E-state index is 11.8. The normalized spacial score (nSPS) is 14.9. The van der Waals surface area contributed by atoms with Gasteiger partial charge in [-0.1, -0.05) is 6.07 Å². The number of hydrogen-bond donors (Lipinski definition) is 2. The highest BCUT2D eigenvalue weighted by atomic mass is 127. The molecule has 1 heterocycles. The molecule has 0 saturated carbocycles. The smallest absolute Gasteiger partial charge is 0.290 e. The third kappa shape index (κ3) is 2.94. The number of amides is 1. The Morgan fingerprint density at radius 1 is 1.50 bits per heavy atom. The van der Waals surface area contributed by atoms with Crippen LogP contribution in [0, 0.1) is 3.57 Å². The van der Waals surface area contributed by atoms with Crippen molar-refractivity contribution in [3.8, 4) is 0 Å². The van der Waals surface area contributed by atoms with E-state index in [4.69, 9.17) is 0 Å². The first kappa shape index (κ1) is 11.4. The molecule has 16 heavy (non-hydrogen) atoms. The van der Waals surface area contributed by atoms with Crippen LogP contribution < -0.4 is 10.6 Å². The average molecular weight is 329 g/mol. The summed E-state index contributed by atoms with van der Waals surface area (Å²) in [7, 11) is 0. The Balaban J connectivity index is 2.04. The van der Waals surface area contributed by atoms with E-state index in [0.717, 1.165) is 28.8 Å². The molecule has 0 radical (unpaired) electrons. The van der Waals surface area contributed by atoms with E-state index in [1.54, 1.807) is 0 Å². The number of halogens is 1. The number of amidine groups is 1. The molecule has 1 aliphatic rings. The molecule has 0 unspecified atom stereocenters. The van der Waals surface area contributed by atoms with Gasteiger partial charge in [0.1, 0.15) is 0 Å². The summed E-state index contributed by atoms with van der Waals surface area (Å²) in [5, 5.41) is 5.81. The van der Waals surface area contributed by atoms with Gasteiger partial charge in [-0.3, -0.25) is 9.79 Å². The van der Waals surface area contributed by atoms with E-state index < -0.39 is 0 Å². The molecule has 0 fully saturated rings. The number of carbonyl (C=O) groups excluding carboxylic acids is 1. The molecular weight excluding hydrogens is 317 g/mol. The van der Waals surface area contributed by atoms with Crippen molar-refractivity contribution in [2.75, 3.05) is 18.4 Å². The van der Waals surface area contributed by atoms with Gasteiger partial charge in [0.05, 0.1) is 0 Å². The third-order valence-electron chi connectivity index (χ3n) is 2.19. The largest absolute Gasteiger partial charge is 0.366 e. The lowest BCUT2D eigenvalue weighted by Crippen LogP contribution is -2.39. The quantitative estimate of drug-likeness (QED) is 0.811. The van der Waals surface area contributed by atoms with Crippen LogP contribution in [-0.4, -0.2) is 24.8 Å². The monoisotopic (exact) mass is 329 g/mol. The van der Waals surface area contributed by atoms with Crippen LogP contribution in [0.25, 0.3) is 0 Å². The number of nitrogens with one attached hydrogen (secondary N) is 2. The van der Waals surface area contributed by atoms with Gasteiger partial charge in [0.25, 0.3) is 5.91 Å². The van der Waals surface area contributed by atoms with Crippen molar-refractivity contribution in [3.05, 3.63) is 27.8 Å². The Bertz CT molecular complexity index is 431. The Kier molecular flexibility index (Phi) is 3.76. The molecule has 4 nitrogen and oxygen atoms in total. The molecule has 0 spiro atoms. The van der Waals surface area contributed by atoms with Crippen LogP contribution in [0.5, 0.6) is 0 Å². The Morgan fingerprint density at radius 3 is 3.06 bits per heavy atom. The second-order valence-electron chi connectivity index (χ2n) is 3.48. The zero-order valence-corrected chi connectivity index (χ0v) is 10.8. The lowest BCUT2D eigenvalue weighted by atomic mass is 10.3. The number of aliphatic imine (C=N–C) groups is 1. The van der Waals surface area contributed by atoms with Crippen LogP contribution in [0.2, 0.25) is 0 Å². The van der Waals surface area contributed by atoms with Crippen molar-refractivity contribution in [1.29, 1.82) is 0 Å². The van der Waals surface area contributed by atoms with Crippen molar-refractivity contribution in [2.45, 2.75) is 6.42 Å². The lowest BCUT2D eigenvalue weighted by Gasteiger charge is -2.14. The van der Waals surface area contributed by atoms with E-state index in [-0.39, 0.29) is 5.91 Å². The number of benzene rings is 1. The van der Waals surface area contributed by atoms with Crippen molar-refractivity contribution in [1.82, 2.24) is 5.32 Å². The molecule has 0 atom stereocenters. The van der Waals surface area contributed by atoms with Crippen LogP contribution >= 0.6 is 22.6 Å². The number of anilines is 1. The number of carbonyl (C=O) groups is 1.